The van der Waals surface area contributed by atoms with E-state index in [9.17, 15) is 4.79 Å². The molecule has 2 heterocycles. The summed E-state index contributed by atoms with van der Waals surface area (Å²) in [6.45, 7) is 5.58. The van der Waals surface area contributed by atoms with Crippen molar-refractivity contribution >= 4 is 23.3 Å². The molecule has 1 N–H and O–H groups in total. The minimum atomic E-state index is -0.339. The molecule has 2 aromatic carbocycles. The minimum absolute atomic E-state index is 0.339. The van der Waals surface area contributed by atoms with Crippen LogP contribution in [-0.4, -0.2) is 20.8 Å². The zero-order valence-corrected chi connectivity index (χ0v) is 17.0. The van der Waals surface area contributed by atoms with E-state index in [1.807, 2.05) is 56.3 Å². The third-order valence-electron chi connectivity index (χ3n) is 4.64. The van der Waals surface area contributed by atoms with E-state index < -0.39 is 0 Å². The zero-order valence-electron chi connectivity index (χ0n) is 16.2. The summed E-state index contributed by atoms with van der Waals surface area (Å²) in [6, 6.07) is 16.9. The molecule has 0 aliphatic heterocycles. The van der Waals surface area contributed by atoms with Gasteiger partial charge in [-0.25, -0.2) is 4.68 Å². The Labute approximate surface area is 173 Å². The fourth-order valence-corrected chi connectivity index (χ4v) is 3.45. The number of halogens is 1. The van der Waals surface area contributed by atoms with Gasteiger partial charge in [-0.15, -0.1) is 0 Å². The van der Waals surface area contributed by atoms with Gasteiger partial charge in [0.1, 0.15) is 22.8 Å². The Kier molecular flexibility index (Phi) is 4.94. The maximum atomic E-state index is 13.2. The lowest BCUT2D eigenvalue weighted by Crippen LogP contribution is -2.16. The highest BCUT2D eigenvalue weighted by atomic mass is 35.5. The summed E-state index contributed by atoms with van der Waals surface area (Å²) in [7, 11) is 0. The van der Waals surface area contributed by atoms with Gasteiger partial charge < -0.3 is 9.84 Å². The average molecular weight is 407 g/mol. The van der Waals surface area contributed by atoms with Crippen LogP contribution in [-0.2, 0) is 0 Å². The van der Waals surface area contributed by atoms with Crippen LogP contribution in [0.2, 0.25) is 5.02 Å². The fourth-order valence-electron chi connectivity index (χ4n) is 3.23. The number of carbonyl (C=O) groups is 1. The van der Waals surface area contributed by atoms with Crippen molar-refractivity contribution in [1.29, 1.82) is 0 Å². The molecule has 146 valence electrons. The van der Waals surface area contributed by atoms with E-state index in [4.69, 9.17) is 16.1 Å². The normalized spacial score (nSPS) is 10.9. The van der Waals surface area contributed by atoms with Crippen LogP contribution in [0.5, 0.6) is 0 Å². The van der Waals surface area contributed by atoms with E-state index in [1.165, 1.54) is 0 Å². The van der Waals surface area contributed by atoms with Crippen molar-refractivity contribution in [3.63, 3.8) is 0 Å². The van der Waals surface area contributed by atoms with Crippen molar-refractivity contribution in [2.24, 2.45) is 0 Å². The molecule has 0 aliphatic rings. The van der Waals surface area contributed by atoms with Gasteiger partial charge in [0.25, 0.3) is 5.91 Å². The number of carbonyl (C=O) groups excluding carboxylic acids is 1. The van der Waals surface area contributed by atoms with Crippen molar-refractivity contribution in [2.75, 3.05) is 5.32 Å². The van der Waals surface area contributed by atoms with Crippen LogP contribution in [0, 0.1) is 20.8 Å². The summed E-state index contributed by atoms with van der Waals surface area (Å²) >= 11 is 6.30. The molecule has 0 fully saturated rings. The standard InChI is InChI=1S/C22H19ClN4O2/c1-13-8-4-7-11-18(13)27-19(12-14(2)25-27)24-22(28)20-15(3)29-26-21(20)16-9-5-6-10-17(16)23/h4-12H,1-3H3,(H,24,28). The SMILES string of the molecule is Cc1cc(NC(=O)c2c(-c3ccccc3Cl)noc2C)n(-c2ccccc2C)n1. The Morgan fingerprint density at radius 3 is 2.55 bits per heavy atom. The molecule has 0 saturated heterocycles. The van der Waals surface area contributed by atoms with E-state index >= 15 is 0 Å². The zero-order chi connectivity index (χ0) is 20.5. The van der Waals surface area contributed by atoms with E-state index in [1.54, 1.807) is 23.7 Å². The number of aromatic nitrogens is 3. The van der Waals surface area contributed by atoms with Gasteiger partial charge in [0.15, 0.2) is 0 Å². The molecule has 0 spiro atoms. The molecule has 2 aromatic heterocycles. The summed E-state index contributed by atoms with van der Waals surface area (Å²) in [4.78, 5) is 13.2. The first-order chi connectivity index (χ1) is 14.0. The quantitative estimate of drug-likeness (QED) is 0.495. The summed E-state index contributed by atoms with van der Waals surface area (Å²) in [5.41, 5.74) is 4.11. The number of amides is 1. The number of hydrogen-bond acceptors (Lipinski definition) is 4. The highest BCUT2D eigenvalue weighted by molar-refractivity contribution is 6.33. The van der Waals surface area contributed by atoms with E-state index in [2.05, 4.69) is 15.6 Å². The number of anilines is 1. The molecule has 4 rings (SSSR count). The molecule has 7 heteroatoms. The lowest BCUT2D eigenvalue weighted by atomic mass is 10.1. The van der Waals surface area contributed by atoms with Crippen LogP contribution in [0.4, 0.5) is 5.82 Å². The first-order valence-electron chi connectivity index (χ1n) is 9.11. The van der Waals surface area contributed by atoms with Gasteiger partial charge in [0.05, 0.1) is 16.4 Å². The van der Waals surface area contributed by atoms with Crippen LogP contribution < -0.4 is 5.32 Å². The molecule has 0 unspecified atom stereocenters. The molecule has 1 amide bonds. The van der Waals surface area contributed by atoms with E-state index in [0.717, 1.165) is 16.9 Å². The fraction of sp³-hybridized carbons (Fsp3) is 0.136. The molecule has 0 atom stereocenters. The molecule has 0 bridgehead atoms. The Morgan fingerprint density at radius 2 is 1.79 bits per heavy atom. The first-order valence-corrected chi connectivity index (χ1v) is 9.48. The summed E-state index contributed by atoms with van der Waals surface area (Å²) in [5.74, 6) is 0.636. The van der Waals surface area contributed by atoms with Gasteiger partial charge in [-0.3, -0.25) is 4.79 Å². The number of rotatable bonds is 4. The molecule has 0 radical (unpaired) electrons. The third-order valence-corrected chi connectivity index (χ3v) is 4.97. The third kappa shape index (κ3) is 3.54. The summed E-state index contributed by atoms with van der Waals surface area (Å²) < 4.78 is 7.03. The van der Waals surface area contributed by atoms with Crippen molar-refractivity contribution < 1.29 is 9.32 Å². The van der Waals surface area contributed by atoms with Crippen LogP contribution in [0.3, 0.4) is 0 Å². The smallest absolute Gasteiger partial charge is 0.262 e. The van der Waals surface area contributed by atoms with Crippen molar-refractivity contribution in [2.45, 2.75) is 20.8 Å². The predicted molar refractivity (Wildman–Crippen MR) is 113 cm³/mol. The lowest BCUT2D eigenvalue weighted by Gasteiger charge is -2.11. The van der Waals surface area contributed by atoms with Crippen molar-refractivity contribution in [1.82, 2.24) is 14.9 Å². The number of nitrogens with one attached hydrogen (secondary N) is 1. The molecular weight excluding hydrogens is 388 g/mol. The maximum absolute atomic E-state index is 13.2. The van der Waals surface area contributed by atoms with Crippen molar-refractivity contribution in [3.8, 4) is 16.9 Å². The predicted octanol–water partition coefficient (Wildman–Crippen LogP) is 5.36. The second kappa shape index (κ2) is 7.56. The topological polar surface area (TPSA) is 73.0 Å². The van der Waals surface area contributed by atoms with Gasteiger partial charge in [0.2, 0.25) is 0 Å². The Balaban J connectivity index is 1.74. The number of hydrogen-bond donors (Lipinski definition) is 1. The highest BCUT2D eigenvalue weighted by Gasteiger charge is 2.24. The molecule has 29 heavy (non-hydrogen) atoms. The van der Waals surface area contributed by atoms with Crippen LogP contribution in [0.25, 0.3) is 16.9 Å². The van der Waals surface area contributed by atoms with Crippen LogP contribution in [0.15, 0.2) is 59.1 Å². The number of aryl methyl sites for hydroxylation is 3. The van der Waals surface area contributed by atoms with E-state index in [0.29, 0.717) is 33.4 Å². The molecule has 0 aliphatic carbocycles. The Bertz CT molecular complexity index is 1210. The van der Waals surface area contributed by atoms with Gasteiger partial charge in [0, 0.05) is 11.6 Å². The molecule has 6 nitrogen and oxygen atoms in total. The first kappa shape index (κ1) is 19.0. The Hall–Kier alpha value is -3.38. The number of para-hydroxylation sites is 1. The Morgan fingerprint density at radius 1 is 1.07 bits per heavy atom. The highest BCUT2D eigenvalue weighted by Crippen LogP contribution is 2.31. The average Bonchev–Trinajstić information content (AvgIpc) is 3.25. The molecular formula is C22H19ClN4O2. The second-order valence-electron chi connectivity index (χ2n) is 6.77. The molecule has 0 saturated carbocycles. The van der Waals surface area contributed by atoms with Gasteiger partial charge in [-0.2, -0.15) is 5.10 Å². The van der Waals surface area contributed by atoms with Gasteiger partial charge >= 0.3 is 0 Å². The summed E-state index contributed by atoms with van der Waals surface area (Å²) in [5, 5.41) is 12.0. The van der Waals surface area contributed by atoms with Crippen LogP contribution >= 0.6 is 11.6 Å². The van der Waals surface area contributed by atoms with E-state index in [-0.39, 0.29) is 5.91 Å². The van der Waals surface area contributed by atoms with Gasteiger partial charge in [-0.1, -0.05) is 53.2 Å². The molecule has 4 aromatic rings. The van der Waals surface area contributed by atoms with Crippen molar-refractivity contribution in [3.05, 3.63) is 82.2 Å². The number of nitrogens with zero attached hydrogens (tertiary/aromatic N) is 3. The minimum Gasteiger partial charge on any atom is -0.360 e. The van der Waals surface area contributed by atoms with Crippen LogP contribution in [0.1, 0.15) is 27.4 Å². The van der Waals surface area contributed by atoms with Gasteiger partial charge in [-0.05, 0) is 38.5 Å². The largest absolute Gasteiger partial charge is 0.360 e. The number of benzene rings is 2. The lowest BCUT2D eigenvalue weighted by molar-refractivity contribution is 0.102. The maximum Gasteiger partial charge on any atom is 0.262 e. The monoisotopic (exact) mass is 406 g/mol. The second-order valence-corrected chi connectivity index (χ2v) is 7.17. The summed E-state index contributed by atoms with van der Waals surface area (Å²) in [6.07, 6.45) is 0.